The minimum absolute atomic E-state index is 0.192. The van der Waals surface area contributed by atoms with Crippen LogP contribution in [0.5, 0.6) is 17.2 Å². The van der Waals surface area contributed by atoms with Crippen LogP contribution in [0, 0.1) is 12.8 Å². The van der Waals surface area contributed by atoms with Gasteiger partial charge in [0.2, 0.25) is 0 Å². The smallest absolute Gasteiger partial charge is 0.322 e. The minimum Gasteiger partial charge on any atom is -0.504 e. The van der Waals surface area contributed by atoms with Gasteiger partial charge in [0.15, 0.2) is 22.9 Å². The summed E-state index contributed by atoms with van der Waals surface area (Å²) < 4.78 is 11.6. The van der Waals surface area contributed by atoms with Crippen LogP contribution in [0.25, 0.3) is 11.1 Å². The van der Waals surface area contributed by atoms with Crippen molar-refractivity contribution < 1.29 is 29.3 Å². The predicted molar refractivity (Wildman–Crippen MR) is 140 cm³/mol. The largest absolute Gasteiger partial charge is 0.504 e. The first-order chi connectivity index (χ1) is 18.4. The van der Waals surface area contributed by atoms with Gasteiger partial charge in [0.05, 0.1) is 5.69 Å². The highest BCUT2D eigenvalue weighted by Crippen LogP contribution is 2.40. The van der Waals surface area contributed by atoms with Crippen molar-refractivity contribution in [3.05, 3.63) is 59.7 Å². The molecule has 198 valence electrons. The fourth-order valence-electron chi connectivity index (χ4n) is 4.92. The van der Waals surface area contributed by atoms with Crippen LogP contribution in [0.3, 0.4) is 0 Å². The van der Waals surface area contributed by atoms with E-state index in [1.54, 1.807) is 6.92 Å². The first-order valence-electron chi connectivity index (χ1n) is 12.7. The van der Waals surface area contributed by atoms with Gasteiger partial charge in [0.1, 0.15) is 25.6 Å². The number of ether oxygens (including phenoxy) is 2. The van der Waals surface area contributed by atoms with Gasteiger partial charge in [-0.3, -0.25) is 9.59 Å². The molecule has 38 heavy (non-hydrogen) atoms. The molecule has 2 aliphatic heterocycles. The summed E-state index contributed by atoms with van der Waals surface area (Å²) in [6.45, 7) is 3.92. The summed E-state index contributed by atoms with van der Waals surface area (Å²) in [6.07, 6.45) is 2.44. The predicted octanol–water partition coefficient (Wildman–Crippen LogP) is 3.20. The lowest BCUT2D eigenvalue weighted by atomic mass is 9.92. The third kappa shape index (κ3) is 5.49. The Morgan fingerprint density at radius 2 is 1.79 bits per heavy atom. The van der Waals surface area contributed by atoms with E-state index in [2.05, 4.69) is 44.5 Å². The Bertz CT molecular complexity index is 1340. The third-order valence-corrected chi connectivity index (χ3v) is 6.92. The number of carboxylic acid groups (broad SMARTS) is 1. The zero-order chi connectivity index (χ0) is 26.6. The molecule has 5 rings (SSSR count). The Morgan fingerprint density at radius 3 is 2.53 bits per heavy atom. The molecule has 3 heterocycles. The number of carbonyl (C=O) groups excluding carboxylic acids is 1. The second kappa shape index (κ2) is 11.0. The number of para-hydroxylation sites is 1. The normalized spacial score (nSPS) is 15.2. The van der Waals surface area contributed by atoms with Crippen molar-refractivity contribution in [2.45, 2.75) is 26.2 Å². The second-order valence-electron chi connectivity index (χ2n) is 9.51. The van der Waals surface area contributed by atoms with Crippen LogP contribution in [0.2, 0.25) is 0 Å². The molecule has 0 saturated carbocycles. The number of rotatable bonds is 7. The first-order valence-corrected chi connectivity index (χ1v) is 12.7. The van der Waals surface area contributed by atoms with Crippen LogP contribution in [-0.2, 0) is 11.2 Å². The van der Waals surface area contributed by atoms with Gasteiger partial charge in [-0.1, -0.05) is 24.3 Å². The standard InChI is InChI=1S/C28H30N4O6/c1-17-26(35)25(28(36)29-16-24(33)34)31-23(30-17)15-18-9-11-32(12-10-18)20-7-5-19(6-8-20)21-3-2-4-22-27(21)38-14-13-37-22/h2-8,18,35H,9-16H2,1H3,(H,29,36)(H,33,34). The number of fused-ring (bicyclic) bond motifs is 1. The number of anilines is 1. The highest BCUT2D eigenvalue weighted by molar-refractivity contribution is 5.96. The minimum atomic E-state index is -1.17. The number of hydrogen-bond donors (Lipinski definition) is 3. The molecule has 0 aliphatic carbocycles. The third-order valence-electron chi connectivity index (χ3n) is 6.92. The lowest BCUT2D eigenvalue weighted by molar-refractivity contribution is -0.135. The Labute approximate surface area is 220 Å². The number of aliphatic carboxylic acids is 1. The van der Waals surface area contributed by atoms with Crippen LogP contribution in [0.1, 0.15) is 34.8 Å². The number of carboxylic acids is 1. The van der Waals surface area contributed by atoms with Crippen molar-refractivity contribution in [1.82, 2.24) is 15.3 Å². The van der Waals surface area contributed by atoms with Crippen molar-refractivity contribution in [2.24, 2.45) is 5.92 Å². The van der Waals surface area contributed by atoms with E-state index in [0.717, 1.165) is 54.2 Å². The van der Waals surface area contributed by atoms with Crippen LogP contribution >= 0.6 is 0 Å². The topological polar surface area (TPSA) is 134 Å². The molecular weight excluding hydrogens is 488 g/mol. The molecule has 3 aromatic rings. The Hall–Kier alpha value is -4.34. The maximum absolute atomic E-state index is 12.3. The molecule has 1 saturated heterocycles. The fourth-order valence-corrected chi connectivity index (χ4v) is 4.92. The summed E-state index contributed by atoms with van der Waals surface area (Å²) in [5.74, 6) is 0.142. The van der Waals surface area contributed by atoms with E-state index in [1.165, 1.54) is 0 Å². The number of piperidine rings is 1. The quantitative estimate of drug-likeness (QED) is 0.431. The summed E-state index contributed by atoms with van der Waals surface area (Å²) in [6, 6.07) is 14.4. The van der Waals surface area contributed by atoms with E-state index in [9.17, 15) is 14.7 Å². The molecule has 2 aliphatic rings. The van der Waals surface area contributed by atoms with Crippen LogP contribution < -0.4 is 19.7 Å². The zero-order valence-corrected chi connectivity index (χ0v) is 21.1. The SMILES string of the molecule is Cc1nc(CC2CCN(c3ccc(-c4cccc5c4OCCO5)cc3)CC2)nc(C(=O)NCC(=O)O)c1O. The molecule has 3 N–H and O–H groups in total. The second-order valence-corrected chi connectivity index (χ2v) is 9.51. The van der Waals surface area contributed by atoms with Gasteiger partial charge in [-0.15, -0.1) is 0 Å². The molecule has 1 fully saturated rings. The maximum atomic E-state index is 12.3. The van der Waals surface area contributed by atoms with Crippen LogP contribution in [0.15, 0.2) is 42.5 Å². The Kier molecular flexibility index (Phi) is 7.30. The number of amides is 1. The number of aryl methyl sites for hydroxylation is 1. The van der Waals surface area contributed by atoms with Crippen LogP contribution in [-0.4, -0.2) is 64.9 Å². The Balaban J connectivity index is 1.21. The van der Waals surface area contributed by atoms with Gasteiger partial charge in [-0.05, 0) is 49.4 Å². The average molecular weight is 519 g/mol. The molecule has 0 unspecified atom stereocenters. The molecule has 1 amide bonds. The number of aromatic hydroxyl groups is 1. The molecule has 0 spiro atoms. The number of carbonyl (C=O) groups is 2. The molecule has 10 nitrogen and oxygen atoms in total. The average Bonchev–Trinajstić information content (AvgIpc) is 2.94. The summed E-state index contributed by atoms with van der Waals surface area (Å²) in [5.41, 5.74) is 3.36. The van der Waals surface area contributed by atoms with Crippen molar-refractivity contribution in [1.29, 1.82) is 0 Å². The number of benzene rings is 2. The molecule has 0 radical (unpaired) electrons. The number of nitrogens with one attached hydrogen (secondary N) is 1. The van der Waals surface area contributed by atoms with Crippen molar-refractivity contribution in [3.8, 4) is 28.4 Å². The highest BCUT2D eigenvalue weighted by Gasteiger charge is 2.24. The lowest BCUT2D eigenvalue weighted by Gasteiger charge is -2.33. The lowest BCUT2D eigenvalue weighted by Crippen LogP contribution is -2.34. The van der Waals surface area contributed by atoms with Gasteiger partial charge in [0.25, 0.3) is 5.91 Å². The van der Waals surface area contributed by atoms with E-state index in [1.807, 2.05) is 18.2 Å². The molecule has 1 aromatic heterocycles. The number of hydrogen-bond acceptors (Lipinski definition) is 8. The van der Waals surface area contributed by atoms with Crippen LogP contribution in [0.4, 0.5) is 5.69 Å². The molecule has 0 bridgehead atoms. The maximum Gasteiger partial charge on any atom is 0.322 e. The molecule has 2 aromatic carbocycles. The van der Waals surface area contributed by atoms with E-state index >= 15 is 0 Å². The first kappa shape index (κ1) is 25.3. The van der Waals surface area contributed by atoms with Crippen molar-refractivity contribution in [3.63, 3.8) is 0 Å². The van der Waals surface area contributed by atoms with E-state index in [0.29, 0.717) is 37.1 Å². The van der Waals surface area contributed by atoms with Crippen molar-refractivity contribution in [2.75, 3.05) is 37.7 Å². The van der Waals surface area contributed by atoms with E-state index < -0.39 is 18.4 Å². The molecule has 10 heteroatoms. The number of nitrogens with zero attached hydrogens (tertiary/aromatic N) is 3. The summed E-state index contributed by atoms with van der Waals surface area (Å²) in [7, 11) is 0. The summed E-state index contributed by atoms with van der Waals surface area (Å²) >= 11 is 0. The van der Waals surface area contributed by atoms with E-state index in [4.69, 9.17) is 14.6 Å². The van der Waals surface area contributed by atoms with E-state index in [-0.39, 0.29) is 11.4 Å². The van der Waals surface area contributed by atoms with Gasteiger partial charge in [-0.2, -0.15) is 0 Å². The van der Waals surface area contributed by atoms with Gasteiger partial charge >= 0.3 is 5.97 Å². The summed E-state index contributed by atoms with van der Waals surface area (Å²) in [5, 5.41) is 21.3. The number of aromatic nitrogens is 2. The summed E-state index contributed by atoms with van der Waals surface area (Å²) in [4.78, 5) is 34.0. The Morgan fingerprint density at radius 1 is 1.05 bits per heavy atom. The van der Waals surface area contributed by atoms with Gasteiger partial charge in [0, 0.05) is 30.8 Å². The fraction of sp³-hybridized carbons (Fsp3) is 0.357. The monoisotopic (exact) mass is 518 g/mol. The highest BCUT2D eigenvalue weighted by atomic mass is 16.6. The van der Waals surface area contributed by atoms with Crippen molar-refractivity contribution >= 4 is 17.6 Å². The zero-order valence-electron chi connectivity index (χ0n) is 21.1. The molecular formula is C28H30N4O6. The van der Waals surface area contributed by atoms with Gasteiger partial charge < -0.3 is 29.9 Å². The molecule has 0 atom stereocenters. The van der Waals surface area contributed by atoms with Gasteiger partial charge in [-0.25, -0.2) is 9.97 Å².